The molecule has 29 heavy (non-hydrogen) atoms. The Labute approximate surface area is 166 Å². The maximum atomic E-state index is 12.6. The van der Waals surface area contributed by atoms with Crippen LogP contribution in [0.4, 0.5) is 0 Å². The lowest BCUT2D eigenvalue weighted by Gasteiger charge is -2.28. The van der Waals surface area contributed by atoms with Crippen molar-refractivity contribution in [1.82, 2.24) is 24.5 Å². The fourth-order valence-electron chi connectivity index (χ4n) is 4.18. The molecule has 4 aromatic heterocycles. The molecule has 4 aromatic rings. The van der Waals surface area contributed by atoms with Gasteiger partial charge in [-0.3, -0.25) is 9.55 Å². The van der Waals surface area contributed by atoms with Crippen LogP contribution in [0.15, 0.2) is 35.5 Å². The number of pyridine rings is 2. The average molecular weight is 393 g/mol. The van der Waals surface area contributed by atoms with Crippen LogP contribution in [-0.2, 0) is 16.0 Å². The minimum atomic E-state index is -0.177. The molecule has 0 unspecified atom stereocenters. The van der Waals surface area contributed by atoms with Gasteiger partial charge in [-0.2, -0.15) is 0 Å². The Morgan fingerprint density at radius 2 is 2.17 bits per heavy atom. The zero-order chi connectivity index (χ0) is 20.0. The molecule has 0 spiro atoms. The number of methoxy groups -OCH3 is 1. The van der Waals surface area contributed by atoms with Crippen molar-refractivity contribution in [3.8, 4) is 11.1 Å². The fraction of sp³-hybridized carbons (Fsp3) is 0.381. The summed E-state index contributed by atoms with van der Waals surface area (Å²) in [5, 5.41) is 1.08. The van der Waals surface area contributed by atoms with Gasteiger partial charge in [-0.05, 0) is 31.0 Å². The fourth-order valence-corrected chi connectivity index (χ4v) is 4.18. The molecular formula is C21H23N5O3. The van der Waals surface area contributed by atoms with Gasteiger partial charge < -0.3 is 14.5 Å². The molecule has 150 valence electrons. The molecule has 1 fully saturated rings. The summed E-state index contributed by atoms with van der Waals surface area (Å²) in [6, 6.07) is 4.02. The molecule has 0 saturated carbocycles. The number of aromatic amines is 2. The highest BCUT2D eigenvalue weighted by atomic mass is 16.5. The lowest BCUT2D eigenvalue weighted by molar-refractivity contribution is -0.0638. The second-order valence-electron chi connectivity index (χ2n) is 7.54. The summed E-state index contributed by atoms with van der Waals surface area (Å²) in [4.78, 5) is 27.6. The first-order valence-electron chi connectivity index (χ1n) is 9.80. The van der Waals surface area contributed by atoms with Gasteiger partial charge in [-0.1, -0.05) is 0 Å². The summed E-state index contributed by atoms with van der Waals surface area (Å²) in [7, 11) is 1.72. The molecule has 5 heterocycles. The number of hydrogen-bond donors (Lipinski definition) is 2. The molecule has 8 nitrogen and oxygen atoms in total. The minimum Gasteiger partial charge on any atom is -0.381 e. The van der Waals surface area contributed by atoms with E-state index >= 15 is 0 Å². The van der Waals surface area contributed by atoms with Crippen molar-refractivity contribution in [3.63, 3.8) is 0 Å². The van der Waals surface area contributed by atoms with Gasteiger partial charge in [0.05, 0.1) is 24.3 Å². The zero-order valence-corrected chi connectivity index (χ0v) is 16.4. The van der Waals surface area contributed by atoms with Crippen molar-refractivity contribution in [2.24, 2.45) is 0 Å². The number of nitrogens with one attached hydrogen (secondary N) is 2. The standard InChI is InChI=1S/C21H23N5O3/c1-12-16-3-5-22-19(16)24-10-17(12)13-7-18-20(23-9-13)25-21(27)26(18)11-15-8-14(28-2)4-6-29-15/h3,5,7,9-10,14-15H,4,6,8,11H2,1-2H3,(H,22,24)(H,23,25,27)/t14-,15+/m1/s1. The molecule has 1 aliphatic heterocycles. The number of ether oxygens (including phenoxy) is 2. The number of rotatable bonds is 4. The van der Waals surface area contributed by atoms with Crippen molar-refractivity contribution in [1.29, 1.82) is 0 Å². The van der Waals surface area contributed by atoms with Crippen LogP contribution in [-0.4, -0.2) is 50.4 Å². The Morgan fingerprint density at radius 3 is 3.03 bits per heavy atom. The number of aryl methyl sites for hydroxylation is 1. The molecule has 8 heteroatoms. The molecule has 2 N–H and O–H groups in total. The van der Waals surface area contributed by atoms with E-state index in [2.05, 4.69) is 26.9 Å². The van der Waals surface area contributed by atoms with Gasteiger partial charge in [-0.15, -0.1) is 0 Å². The number of imidazole rings is 1. The van der Waals surface area contributed by atoms with Gasteiger partial charge in [0.2, 0.25) is 0 Å². The minimum absolute atomic E-state index is 0.0614. The highest BCUT2D eigenvalue weighted by Gasteiger charge is 2.24. The summed E-state index contributed by atoms with van der Waals surface area (Å²) in [5.41, 5.74) is 5.08. The maximum Gasteiger partial charge on any atom is 0.327 e. The molecule has 5 rings (SSSR count). The number of hydrogen-bond acceptors (Lipinski definition) is 5. The molecule has 2 atom stereocenters. The average Bonchev–Trinajstić information content (AvgIpc) is 3.33. The monoisotopic (exact) mass is 393 g/mol. The van der Waals surface area contributed by atoms with E-state index in [1.54, 1.807) is 17.9 Å². The first kappa shape index (κ1) is 18.1. The van der Waals surface area contributed by atoms with E-state index in [0.29, 0.717) is 18.8 Å². The van der Waals surface area contributed by atoms with Crippen LogP contribution in [0.2, 0.25) is 0 Å². The third-order valence-electron chi connectivity index (χ3n) is 5.83. The first-order chi connectivity index (χ1) is 14.1. The molecule has 0 bridgehead atoms. The van der Waals surface area contributed by atoms with E-state index in [9.17, 15) is 4.79 Å². The molecule has 0 aromatic carbocycles. The molecular weight excluding hydrogens is 370 g/mol. The topological polar surface area (TPSA) is 97.8 Å². The predicted molar refractivity (Wildman–Crippen MR) is 110 cm³/mol. The van der Waals surface area contributed by atoms with E-state index in [-0.39, 0.29) is 17.9 Å². The van der Waals surface area contributed by atoms with Gasteiger partial charge in [0, 0.05) is 55.2 Å². The van der Waals surface area contributed by atoms with Crippen LogP contribution in [0.5, 0.6) is 0 Å². The smallest absolute Gasteiger partial charge is 0.327 e. The molecule has 0 amide bonds. The van der Waals surface area contributed by atoms with E-state index in [1.807, 2.05) is 24.5 Å². The van der Waals surface area contributed by atoms with Crippen molar-refractivity contribution in [3.05, 3.63) is 46.8 Å². The Bertz CT molecular complexity index is 1240. The van der Waals surface area contributed by atoms with E-state index in [0.717, 1.165) is 46.1 Å². The third kappa shape index (κ3) is 3.14. The van der Waals surface area contributed by atoms with Crippen molar-refractivity contribution in [2.75, 3.05) is 13.7 Å². The van der Waals surface area contributed by atoms with Crippen molar-refractivity contribution in [2.45, 2.75) is 38.5 Å². The van der Waals surface area contributed by atoms with Crippen LogP contribution >= 0.6 is 0 Å². The molecule has 0 aliphatic carbocycles. The van der Waals surface area contributed by atoms with Gasteiger partial charge >= 0.3 is 5.69 Å². The van der Waals surface area contributed by atoms with Crippen LogP contribution in [0.3, 0.4) is 0 Å². The predicted octanol–water partition coefficient (Wildman–Crippen LogP) is 2.77. The van der Waals surface area contributed by atoms with Gasteiger partial charge in [0.25, 0.3) is 0 Å². The third-order valence-corrected chi connectivity index (χ3v) is 5.83. The Kier molecular flexibility index (Phi) is 4.44. The molecule has 1 saturated heterocycles. The first-order valence-corrected chi connectivity index (χ1v) is 9.80. The largest absolute Gasteiger partial charge is 0.381 e. The van der Waals surface area contributed by atoms with Crippen molar-refractivity contribution < 1.29 is 9.47 Å². The van der Waals surface area contributed by atoms with Crippen LogP contribution in [0, 0.1) is 6.92 Å². The normalized spacial score (nSPS) is 19.9. The van der Waals surface area contributed by atoms with E-state index in [4.69, 9.17) is 9.47 Å². The molecule has 1 aliphatic rings. The van der Waals surface area contributed by atoms with E-state index < -0.39 is 0 Å². The lowest BCUT2D eigenvalue weighted by Crippen LogP contribution is -2.35. The SMILES string of the molecule is CO[C@@H]1CCO[C@H](Cn2c(=O)[nH]c3ncc(-c4cnc5[nH]ccc5c4C)cc32)C1. The second-order valence-corrected chi connectivity index (χ2v) is 7.54. The highest BCUT2D eigenvalue weighted by molar-refractivity contribution is 5.88. The number of H-pyrrole nitrogens is 2. The zero-order valence-electron chi connectivity index (χ0n) is 16.4. The number of nitrogens with zero attached hydrogens (tertiary/aromatic N) is 3. The van der Waals surface area contributed by atoms with Gasteiger partial charge in [0.1, 0.15) is 5.65 Å². The Morgan fingerprint density at radius 1 is 1.31 bits per heavy atom. The van der Waals surface area contributed by atoms with Crippen LogP contribution < -0.4 is 5.69 Å². The maximum absolute atomic E-state index is 12.6. The second kappa shape index (κ2) is 7.13. The number of aromatic nitrogens is 5. The van der Waals surface area contributed by atoms with E-state index in [1.165, 1.54) is 0 Å². The van der Waals surface area contributed by atoms with Gasteiger partial charge in [-0.25, -0.2) is 14.8 Å². The highest BCUT2D eigenvalue weighted by Crippen LogP contribution is 2.29. The number of fused-ring (bicyclic) bond motifs is 2. The van der Waals surface area contributed by atoms with Crippen molar-refractivity contribution >= 4 is 22.2 Å². The van der Waals surface area contributed by atoms with Gasteiger partial charge in [0.15, 0.2) is 5.65 Å². The summed E-state index contributed by atoms with van der Waals surface area (Å²) < 4.78 is 13.1. The van der Waals surface area contributed by atoms with Crippen LogP contribution in [0.25, 0.3) is 33.3 Å². The lowest BCUT2D eigenvalue weighted by atomic mass is 10.0. The molecule has 0 radical (unpaired) electrons. The van der Waals surface area contributed by atoms with Crippen LogP contribution in [0.1, 0.15) is 18.4 Å². The quantitative estimate of drug-likeness (QED) is 0.556. The Hall–Kier alpha value is -2.97. The summed E-state index contributed by atoms with van der Waals surface area (Å²) in [6.07, 6.45) is 7.28. The summed E-state index contributed by atoms with van der Waals surface area (Å²) >= 11 is 0. The Balaban J connectivity index is 1.55. The summed E-state index contributed by atoms with van der Waals surface area (Å²) in [5.74, 6) is 0. The summed E-state index contributed by atoms with van der Waals surface area (Å²) in [6.45, 7) is 3.19.